The molecule has 1 saturated heterocycles. The molecule has 2 aromatic carbocycles. The second kappa shape index (κ2) is 9.88. The minimum absolute atomic E-state index is 0.283. The Balaban J connectivity index is 1.20. The summed E-state index contributed by atoms with van der Waals surface area (Å²) in [6, 6.07) is 19.4. The number of carboxylic acids is 1. The van der Waals surface area contributed by atoms with Crippen molar-refractivity contribution >= 4 is 17.0 Å². The molecule has 35 heavy (non-hydrogen) atoms. The molecule has 0 atom stereocenters. The van der Waals surface area contributed by atoms with Crippen molar-refractivity contribution in [3.05, 3.63) is 88.9 Å². The van der Waals surface area contributed by atoms with Gasteiger partial charge in [0.25, 0.3) is 0 Å². The molecular formula is C28H30N4O3. The van der Waals surface area contributed by atoms with Gasteiger partial charge in [0.15, 0.2) is 0 Å². The lowest BCUT2D eigenvalue weighted by Gasteiger charge is -2.31. The number of pyridine rings is 1. The summed E-state index contributed by atoms with van der Waals surface area (Å²) in [5, 5.41) is 9.28. The molecule has 0 unspecified atom stereocenters. The molecule has 1 N–H and O–H groups in total. The highest BCUT2D eigenvalue weighted by atomic mass is 16.5. The third-order valence-corrected chi connectivity index (χ3v) is 6.97. The highest BCUT2D eigenvalue weighted by molar-refractivity contribution is 5.92. The van der Waals surface area contributed by atoms with Gasteiger partial charge in [-0.15, -0.1) is 0 Å². The van der Waals surface area contributed by atoms with Gasteiger partial charge >= 0.3 is 5.97 Å². The number of carbonyl (C=O) groups is 1. The van der Waals surface area contributed by atoms with Crippen molar-refractivity contribution in [2.24, 2.45) is 7.05 Å². The molecule has 5 rings (SSSR count). The van der Waals surface area contributed by atoms with Crippen molar-refractivity contribution in [3.63, 3.8) is 0 Å². The van der Waals surface area contributed by atoms with E-state index >= 15 is 0 Å². The third kappa shape index (κ3) is 5.05. The minimum atomic E-state index is -0.921. The third-order valence-electron chi connectivity index (χ3n) is 6.97. The van der Waals surface area contributed by atoms with Gasteiger partial charge in [0.05, 0.1) is 23.1 Å². The fourth-order valence-corrected chi connectivity index (χ4v) is 4.76. The Morgan fingerprint density at radius 2 is 1.86 bits per heavy atom. The van der Waals surface area contributed by atoms with Crippen molar-refractivity contribution in [1.82, 2.24) is 19.4 Å². The van der Waals surface area contributed by atoms with Gasteiger partial charge < -0.3 is 14.4 Å². The average Bonchev–Trinajstić information content (AvgIpc) is 3.18. The first-order valence-electron chi connectivity index (χ1n) is 12.0. The van der Waals surface area contributed by atoms with Crippen LogP contribution in [-0.2, 0) is 20.2 Å². The first kappa shape index (κ1) is 23.1. The number of benzene rings is 2. The number of hydrogen-bond donors (Lipinski definition) is 1. The molecule has 0 bridgehead atoms. The van der Waals surface area contributed by atoms with Crippen molar-refractivity contribution in [3.8, 4) is 5.88 Å². The van der Waals surface area contributed by atoms with Gasteiger partial charge in [0.2, 0.25) is 5.88 Å². The van der Waals surface area contributed by atoms with Gasteiger partial charge in [0, 0.05) is 24.7 Å². The van der Waals surface area contributed by atoms with E-state index in [2.05, 4.69) is 30.0 Å². The Kier molecular flexibility index (Phi) is 6.51. The van der Waals surface area contributed by atoms with E-state index in [1.165, 1.54) is 11.1 Å². The summed E-state index contributed by atoms with van der Waals surface area (Å²) in [5.74, 6) is 1.11. The molecule has 2 aromatic heterocycles. The van der Waals surface area contributed by atoms with Crippen molar-refractivity contribution in [2.45, 2.75) is 38.8 Å². The zero-order valence-electron chi connectivity index (χ0n) is 20.1. The molecule has 1 aliphatic heterocycles. The molecule has 0 saturated carbocycles. The SMILES string of the molecule is Cc1ccccc1COc1cccc(C2CCN(Cc3nc4ccc(C(=O)O)cc4n3C)CC2)n1. The molecule has 0 spiro atoms. The Hall–Kier alpha value is -3.71. The number of hydrogen-bond acceptors (Lipinski definition) is 5. The van der Waals surface area contributed by atoms with Gasteiger partial charge in [0.1, 0.15) is 12.4 Å². The van der Waals surface area contributed by atoms with Crippen LogP contribution in [0.5, 0.6) is 5.88 Å². The van der Waals surface area contributed by atoms with Crippen LogP contribution in [0.2, 0.25) is 0 Å². The lowest BCUT2D eigenvalue weighted by Crippen LogP contribution is -2.33. The average molecular weight is 471 g/mol. The number of carboxylic acid groups (broad SMARTS) is 1. The second-order valence-corrected chi connectivity index (χ2v) is 9.26. The smallest absolute Gasteiger partial charge is 0.335 e. The molecule has 4 aromatic rings. The minimum Gasteiger partial charge on any atom is -0.478 e. The number of ether oxygens (including phenoxy) is 1. The number of rotatable bonds is 7. The highest BCUT2D eigenvalue weighted by Gasteiger charge is 2.23. The maximum atomic E-state index is 11.3. The van der Waals surface area contributed by atoms with E-state index in [4.69, 9.17) is 14.7 Å². The maximum Gasteiger partial charge on any atom is 0.335 e. The van der Waals surface area contributed by atoms with Crippen LogP contribution in [0.4, 0.5) is 0 Å². The van der Waals surface area contributed by atoms with Gasteiger partial charge in [-0.1, -0.05) is 30.3 Å². The lowest BCUT2D eigenvalue weighted by molar-refractivity contribution is 0.0697. The van der Waals surface area contributed by atoms with Crippen LogP contribution in [0.15, 0.2) is 60.7 Å². The van der Waals surface area contributed by atoms with Crippen LogP contribution in [0.25, 0.3) is 11.0 Å². The van der Waals surface area contributed by atoms with Gasteiger partial charge in [-0.25, -0.2) is 14.8 Å². The zero-order chi connectivity index (χ0) is 24.4. The number of aromatic nitrogens is 3. The van der Waals surface area contributed by atoms with Gasteiger partial charge in [-0.2, -0.15) is 0 Å². The lowest BCUT2D eigenvalue weighted by atomic mass is 9.93. The first-order valence-corrected chi connectivity index (χ1v) is 12.0. The largest absolute Gasteiger partial charge is 0.478 e. The molecule has 0 amide bonds. The summed E-state index contributed by atoms with van der Waals surface area (Å²) < 4.78 is 8.00. The van der Waals surface area contributed by atoms with Crippen molar-refractivity contribution in [1.29, 1.82) is 0 Å². The van der Waals surface area contributed by atoms with E-state index in [0.717, 1.165) is 55.0 Å². The monoisotopic (exact) mass is 470 g/mol. The summed E-state index contributed by atoms with van der Waals surface area (Å²) in [7, 11) is 1.95. The Bertz CT molecular complexity index is 1360. The van der Waals surface area contributed by atoms with Gasteiger partial charge in [-0.05, 0) is 68.2 Å². The molecule has 7 heteroatoms. The Morgan fingerprint density at radius 1 is 1.06 bits per heavy atom. The quantitative estimate of drug-likeness (QED) is 0.412. The number of aromatic carboxylic acids is 1. The normalized spacial score (nSPS) is 14.9. The van der Waals surface area contributed by atoms with E-state index in [9.17, 15) is 9.90 Å². The number of fused-ring (bicyclic) bond motifs is 1. The summed E-state index contributed by atoms with van der Waals surface area (Å²) in [6.45, 7) is 5.28. The van der Waals surface area contributed by atoms with E-state index < -0.39 is 5.97 Å². The predicted octanol–water partition coefficient (Wildman–Crippen LogP) is 4.93. The summed E-state index contributed by atoms with van der Waals surface area (Å²) >= 11 is 0. The second-order valence-electron chi connectivity index (χ2n) is 9.26. The molecule has 0 aliphatic carbocycles. The van der Waals surface area contributed by atoms with E-state index in [1.54, 1.807) is 18.2 Å². The van der Waals surface area contributed by atoms with E-state index in [1.807, 2.05) is 35.9 Å². The highest BCUT2D eigenvalue weighted by Crippen LogP contribution is 2.29. The number of nitrogens with zero attached hydrogens (tertiary/aromatic N) is 4. The topological polar surface area (TPSA) is 80.5 Å². The number of piperidine rings is 1. The fourth-order valence-electron chi connectivity index (χ4n) is 4.76. The van der Waals surface area contributed by atoms with Crippen LogP contribution >= 0.6 is 0 Å². The van der Waals surface area contributed by atoms with Crippen LogP contribution in [-0.4, -0.2) is 43.6 Å². The summed E-state index contributed by atoms with van der Waals surface area (Å²) in [5.41, 5.74) is 5.45. The molecule has 7 nitrogen and oxygen atoms in total. The summed E-state index contributed by atoms with van der Waals surface area (Å²) in [6.07, 6.45) is 2.06. The summed E-state index contributed by atoms with van der Waals surface area (Å²) in [4.78, 5) is 23.3. The van der Waals surface area contributed by atoms with E-state index in [0.29, 0.717) is 18.4 Å². The van der Waals surface area contributed by atoms with E-state index in [-0.39, 0.29) is 5.56 Å². The van der Waals surface area contributed by atoms with Crippen LogP contribution in [0, 0.1) is 6.92 Å². The van der Waals surface area contributed by atoms with Crippen molar-refractivity contribution in [2.75, 3.05) is 13.1 Å². The molecule has 180 valence electrons. The Labute approximate surface area is 205 Å². The van der Waals surface area contributed by atoms with Crippen LogP contribution in [0.1, 0.15) is 51.8 Å². The van der Waals surface area contributed by atoms with Crippen LogP contribution in [0.3, 0.4) is 0 Å². The molecule has 0 radical (unpaired) electrons. The molecule has 3 heterocycles. The van der Waals surface area contributed by atoms with Crippen molar-refractivity contribution < 1.29 is 14.6 Å². The predicted molar refractivity (Wildman–Crippen MR) is 135 cm³/mol. The molecule has 1 aliphatic rings. The zero-order valence-corrected chi connectivity index (χ0v) is 20.1. The molecular weight excluding hydrogens is 440 g/mol. The maximum absolute atomic E-state index is 11.3. The van der Waals surface area contributed by atoms with Crippen LogP contribution < -0.4 is 4.74 Å². The fraction of sp³-hybridized carbons (Fsp3) is 0.321. The Morgan fingerprint density at radius 3 is 2.63 bits per heavy atom. The standard InChI is InChI=1S/C28H30N4O3/c1-19-6-3-4-7-22(19)18-35-27-9-5-8-23(30-27)20-12-14-32(15-13-20)17-26-29-24-11-10-21(28(33)34)16-25(24)31(26)2/h3-11,16,20H,12-15,17-18H2,1-2H3,(H,33,34). The first-order chi connectivity index (χ1) is 17.0. The van der Waals surface area contributed by atoms with Gasteiger partial charge in [-0.3, -0.25) is 4.90 Å². The number of likely N-dealkylation sites (tertiary alicyclic amines) is 1. The number of aryl methyl sites for hydroxylation is 2. The number of imidazole rings is 1. The molecule has 1 fully saturated rings.